The van der Waals surface area contributed by atoms with Crippen molar-refractivity contribution in [1.82, 2.24) is 0 Å². The van der Waals surface area contributed by atoms with Gasteiger partial charge in [0.15, 0.2) is 0 Å². The van der Waals surface area contributed by atoms with Crippen LogP contribution in [-0.2, 0) is 0 Å². The number of benzene rings is 1. The summed E-state index contributed by atoms with van der Waals surface area (Å²) in [6.45, 7) is 3.89. The second-order valence-electron chi connectivity index (χ2n) is 3.04. The van der Waals surface area contributed by atoms with Gasteiger partial charge in [-0.2, -0.15) is 0 Å². The maximum absolute atomic E-state index is 13.1. The van der Waals surface area contributed by atoms with Crippen LogP contribution in [-0.4, -0.2) is 0 Å². The lowest BCUT2D eigenvalue weighted by Crippen LogP contribution is -2.10. The van der Waals surface area contributed by atoms with Crippen LogP contribution in [0.15, 0.2) is 18.2 Å². The van der Waals surface area contributed by atoms with Crippen LogP contribution in [0.4, 0.5) is 4.39 Å². The van der Waals surface area contributed by atoms with E-state index < -0.39 is 0 Å². The second kappa shape index (κ2) is 5.20. The molecule has 1 atom stereocenters. The van der Waals surface area contributed by atoms with E-state index in [2.05, 4.69) is 0 Å². The fourth-order valence-corrected chi connectivity index (χ4v) is 1.17. The highest BCUT2D eigenvalue weighted by Crippen LogP contribution is 2.18. The van der Waals surface area contributed by atoms with Gasteiger partial charge in [-0.25, -0.2) is 4.39 Å². The summed E-state index contributed by atoms with van der Waals surface area (Å²) in [7, 11) is 0. The normalized spacial score (nSPS) is 12.0. The molecule has 0 heterocycles. The molecule has 0 radical (unpaired) electrons. The number of aryl methyl sites for hydroxylation is 1. The van der Waals surface area contributed by atoms with Crippen LogP contribution in [0.25, 0.3) is 0 Å². The first kappa shape index (κ1) is 12.4. The SMILES string of the molecule is CCC(N)c1cc(C)ccc1F.Cl. The van der Waals surface area contributed by atoms with Gasteiger partial charge in [-0.15, -0.1) is 12.4 Å². The predicted octanol–water partition coefficient (Wildman–Crippen LogP) is 2.97. The van der Waals surface area contributed by atoms with Crippen LogP contribution in [0.1, 0.15) is 30.5 Å². The molecule has 1 nitrogen and oxygen atoms in total. The van der Waals surface area contributed by atoms with E-state index in [0.717, 1.165) is 12.0 Å². The predicted molar refractivity (Wildman–Crippen MR) is 55.6 cm³/mol. The molecule has 0 aliphatic rings. The van der Waals surface area contributed by atoms with Crippen molar-refractivity contribution >= 4 is 12.4 Å². The van der Waals surface area contributed by atoms with Gasteiger partial charge in [0.2, 0.25) is 0 Å². The Bertz CT molecular complexity index is 276. The van der Waals surface area contributed by atoms with E-state index in [4.69, 9.17) is 5.73 Å². The van der Waals surface area contributed by atoms with Crippen molar-refractivity contribution < 1.29 is 4.39 Å². The third kappa shape index (κ3) is 2.98. The fourth-order valence-electron chi connectivity index (χ4n) is 1.17. The molecule has 0 saturated carbocycles. The summed E-state index contributed by atoms with van der Waals surface area (Å²) < 4.78 is 13.1. The second-order valence-corrected chi connectivity index (χ2v) is 3.04. The molecule has 0 aliphatic heterocycles. The molecular weight excluding hydrogens is 189 g/mol. The summed E-state index contributed by atoms with van der Waals surface area (Å²) in [4.78, 5) is 0. The van der Waals surface area contributed by atoms with Gasteiger partial charge in [-0.3, -0.25) is 0 Å². The van der Waals surface area contributed by atoms with Gasteiger partial charge >= 0.3 is 0 Å². The van der Waals surface area contributed by atoms with Gasteiger partial charge in [-0.05, 0) is 19.4 Å². The van der Waals surface area contributed by atoms with E-state index in [1.54, 1.807) is 6.07 Å². The van der Waals surface area contributed by atoms with Crippen molar-refractivity contribution in [2.45, 2.75) is 26.3 Å². The molecule has 3 heteroatoms. The number of hydrogen-bond donors (Lipinski definition) is 1. The molecule has 0 aliphatic carbocycles. The highest BCUT2D eigenvalue weighted by Gasteiger charge is 2.08. The third-order valence-corrected chi connectivity index (χ3v) is 1.99. The number of halogens is 2. The maximum atomic E-state index is 13.1. The minimum absolute atomic E-state index is 0. The molecule has 0 aromatic heterocycles. The van der Waals surface area contributed by atoms with Crippen molar-refractivity contribution in [2.75, 3.05) is 0 Å². The van der Waals surface area contributed by atoms with Gasteiger partial charge in [0, 0.05) is 11.6 Å². The Morgan fingerprint density at radius 3 is 2.62 bits per heavy atom. The molecule has 1 rings (SSSR count). The van der Waals surface area contributed by atoms with E-state index in [1.165, 1.54) is 6.07 Å². The average molecular weight is 204 g/mol. The zero-order chi connectivity index (χ0) is 9.14. The lowest BCUT2D eigenvalue weighted by molar-refractivity contribution is 0.575. The van der Waals surface area contributed by atoms with Gasteiger partial charge < -0.3 is 5.73 Å². The van der Waals surface area contributed by atoms with Gasteiger partial charge in [0.1, 0.15) is 5.82 Å². The highest BCUT2D eigenvalue weighted by atomic mass is 35.5. The minimum Gasteiger partial charge on any atom is -0.324 e. The lowest BCUT2D eigenvalue weighted by atomic mass is 10.0. The molecule has 0 fully saturated rings. The number of nitrogens with two attached hydrogens (primary N) is 1. The molecule has 1 unspecified atom stereocenters. The van der Waals surface area contributed by atoms with Crippen LogP contribution in [0.5, 0.6) is 0 Å². The topological polar surface area (TPSA) is 26.0 Å². The molecule has 0 spiro atoms. The van der Waals surface area contributed by atoms with Crippen LogP contribution < -0.4 is 5.73 Å². The first-order chi connectivity index (χ1) is 5.65. The Kier molecular flexibility index (Phi) is 4.96. The van der Waals surface area contributed by atoms with Crippen LogP contribution in [0.3, 0.4) is 0 Å². The maximum Gasteiger partial charge on any atom is 0.127 e. The number of hydrogen-bond acceptors (Lipinski definition) is 1. The Morgan fingerprint density at radius 2 is 2.08 bits per heavy atom. The lowest BCUT2D eigenvalue weighted by Gasteiger charge is -2.10. The van der Waals surface area contributed by atoms with E-state index in [-0.39, 0.29) is 24.3 Å². The van der Waals surface area contributed by atoms with Crippen molar-refractivity contribution in [3.63, 3.8) is 0 Å². The fraction of sp³-hybridized carbons (Fsp3) is 0.400. The zero-order valence-corrected chi connectivity index (χ0v) is 8.70. The smallest absolute Gasteiger partial charge is 0.127 e. The Morgan fingerprint density at radius 1 is 1.46 bits per heavy atom. The van der Waals surface area contributed by atoms with E-state index in [0.29, 0.717) is 5.56 Å². The summed E-state index contributed by atoms with van der Waals surface area (Å²) in [5.41, 5.74) is 7.40. The number of rotatable bonds is 2. The molecule has 1 aromatic rings. The standard InChI is InChI=1S/C10H14FN.ClH/c1-3-10(12)8-6-7(2)4-5-9(8)11;/h4-6,10H,3,12H2,1-2H3;1H. The summed E-state index contributed by atoms with van der Waals surface area (Å²) in [5, 5.41) is 0. The van der Waals surface area contributed by atoms with Gasteiger partial charge in [-0.1, -0.05) is 24.6 Å². The zero-order valence-electron chi connectivity index (χ0n) is 7.88. The molecule has 2 N–H and O–H groups in total. The molecule has 0 amide bonds. The summed E-state index contributed by atoms with van der Waals surface area (Å²) in [6.07, 6.45) is 0.764. The molecule has 13 heavy (non-hydrogen) atoms. The van der Waals surface area contributed by atoms with Gasteiger partial charge in [0.05, 0.1) is 0 Å². The first-order valence-electron chi connectivity index (χ1n) is 4.16. The van der Waals surface area contributed by atoms with Gasteiger partial charge in [0.25, 0.3) is 0 Å². The Balaban J connectivity index is 0.00000144. The largest absolute Gasteiger partial charge is 0.324 e. The highest BCUT2D eigenvalue weighted by molar-refractivity contribution is 5.85. The summed E-state index contributed by atoms with van der Waals surface area (Å²) in [5.74, 6) is -0.199. The Hall–Kier alpha value is -0.600. The quantitative estimate of drug-likeness (QED) is 0.786. The minimum atomic E-state index is -0.199. The van der Waals surface area contributed by atoms with Crippen molar-refractivity contribution in [3.8, 4) is 0 Å². The van der Waals surface area contributed by atoms with E-state index in [9.17, 15) is 4.39 Å². The average Bonchev–Trinajstić information content (AvgIpc) is 2.08. The van der Waals surface area contributed by atoms with Crippen molar-refractivity contribution in [1.29, 1.82) is 0 Å². The first-order valence-corrected chi connectivity index (χ1v) is 4.16. The van der Waals surface area contributed by atoms with Crippen molar-refractivity contribution in [3.05, 3.63) is 35.1 Å². The molecule has 1 aromatic carbocycles. The van der Waals surface area contributed by atoms with E-state index in [1.807, 2.05) is 19.9 Å². The molecule has 0 saturated heterocycles. The summed E-state index contributed by atoms with van der Waals surface area (Å²) >= 11 is 0. The molecular formula is C10H15ClFN. The van der Waals surface area contributed by atoms with Crippen LogP contribution in [0, 0.1) is 12.7 Å². The van der Waals surface area contributed by atoms with Crippen LogP contribution in [0.2, 0.25) is 0 Å². The summed E-state index contributed by atoms with van der Waals surface area (Å²) in [6, 6.07) is 4.86. The monoisotopic (exact) mass is 203 g/mol. The van der Waals surface area contributed by atoms with E-state index >= 15 is 0 Å². The van der Waals surface area contributed by atoms with Crippen LogP contribution >= 0.6 is 12.4 Å². The van der Waals surface area contributed by atoms with Crippen molar-refractivity contribution in [2.24, 2.45) is 5.73 Å². The Labute approximate surface area is 84.5 Å². The third-order valence-electron chi connectivity index (χ3n) is 1.99. The molecule has 74 valence electrons. The molecule has 0 bridgehead atoms.